The summed E-state index contributed by atoms with van der Waals surface area (Å²) < 4.78 is 0. The molecule has 0 saturated heterocycles. The Morgan fingerprint density at radius 1 is 1.47 bits per heavy atom. The van der Waals surface area contributed by atoms with Gasteiger partial charge in [0.05, 0.1) is 0 Å². The molecule has 1 fully saturated rings. The fraction of sp³-hybridized carbons (Fsp3) is 0.647. The lowest BCUT2D eigenvalue weighted by Gasteiger charge is -2.40. The number of hydrogen-bond acceptors (Lipinski definition) is 0. The predicted octanol–water partition coefficient (Wildman–Crippen LogP) is 5.28. The van der Waals surface area contributed by atoms with Crippen LogP contribution in [0.3, 0.4) is 0 Å². The lowest BCUT2D eigenvalue weighted by molar-refractivity contribution is 0.244. The molecular weight excluding hydrogens is 204 g/mol. The van der Waals surface area contributed by atoms with Gasteiger partial charge in [-0.3, -0.25) is 0 Å². The van der Waals surface area contributed by atoms with E-state index in [1.54, 1.807) is 5.92 Å². The van der Waals surface area contributed by atoms with E-state index in [0.29, 0.717) is 5.41 Å². The SMILES string of the molecule is [CH2]C1=CCC[C]1CC[C@]1(C)CCC[C@@H](C)C1=C. The summed E-state index contributed by atoms with van der Waals surface area (Å²) >= 11 is 0. The van der Waals surface area contributed by atoms with Crippen LogP contribution in [0.5, 0.6) is 0 Å². The van der Waals surface area contributed by atoms with E-state index in [-0.39, 0.29) is 0 Å². The molecule has 0 nitrogen and oxygen atoms in total. The summed E-state index contributed by atoms with van der Waals surface area (Å²) in [5, 5.41) is 0. The molecule has 94 valence electrons. The maximum atomic E-state index is 4.37. The van der Waals surface area contributed by atoms with Crippen molar-refractivity contribution in [3.05, 3.63) is 36.6 Å². The van der Waals surface area contributed by atoms with E-state index in [1.807, 2.05) is 0 Å². The monoisotopic (exact) mass is 230 g/mol. The first kappa shape index (κ1) is 12.9. The first-order chi connectivity index (χ1) is 8.03. The van der Waals surface area contributed by atoms with Gasteiger partial charge in [-0.2, -0.15) is 0 Å². The van der Waals surface area contributed by atoms with Crippen LogP contribution in [0.25, 0.3) is 0 Å². The van der Waals surface area contributed by atoms with Crippen LogP contribution in [0.4, 0.5) is 0 Å². The van der Waals surface area contributed by atoms with Gasteiger partial charge in [0.15, 0.2) is 0 Å². The van der Waals surface area contributed by atoms with Gasteiger partial charge in [0, 0.05) is 5.92 Å². The van der Waals surface area contributed by atoms with Crippen molar-refractivity contribution < 1.29 is 0 Å². The first-order valence-electron chi connectivity index (χ1n) is 7.09. The Kier molecular flexibility index (Phi) is 3.80. The maximum absolute atomic E-state index is 4.37. The second-order valence-electron chi connectivity index (χ2n) is 6.25. The van der Waals surface area contributed by atoms with E-state index in [1.165, 1.54) is 56.1 Å². The molecule has 0 amide bonds. The Labute approximate surface area is 107 Å². The van der Waals surface area contributed by atoms with Crippen molar-refractivity contribution in [2.75, 3.05) is 0 Å². The molecule has 2 atom stereocenters. The standard InChI is InChI=1S/C17H26/c1-13-8-6-11-17(4,15(13)3)12-10-16-9-5-7-14(16)2/h7,13H,2-3,5-6,8-12H2,1,4H3/t13-,17+/m1/s1. The molecule has 0 aromatic rings. The van der Waals surface area contributed by atoms with Crippen molar-refractivity contribution in [2.45, 2.75) is 58.8 Å². The topological polar surface area (TPSA) is 0 Å². The minimum absolute atomic E-state index is 0.382. The van der Waals surface area contributed by atoms with Gasteiger partial charge in [0.2, 0.25) is 0 Å². The maximum Gasteiger partial charge on any atom is 0.000894 e. The van der Waals surface area contributed by atoms with Gasteiger partial charge in [-0.25, -0.2) is 0 Å². The fourth-order valence-corrected chi connectivity index (χ4v) is 3.45. The second-order valence-corrected chi connectivity index (χ2v) is 6.25. The average molecular weight is 230 g/mol. The molecule has 0 heteroatoms. The van der Waals surface area contributed by atoms with E-state index in [2.05, 4.69) is 33.4 Å². The van der Waals surface area contributed by atoms with Crippen LogP contribution in [0.15, 0.2) is 23.8 Å². The lowest BCUT2D eigenvalue weighted by Crippen LogP contribution is -2.28. The Hall–Kier alpha value is -0.520. The molecule has 0 heterocycles. The summed E-state index contributed by atoms with van der Waals surface area (Å²) in [5.74, 6) is 2.31. The molecule has 17 heavy (non-hydrogen) atoms. The van der Waals surface area contributed by atoms with Gasteiger partial charge in [-0.1, -0.05) is 44.1 Å². The minimum atomic E-state index is 0.382. The van der Waals surface area contributed by atoms with Gasteiger partial charge in [-0.15, -0.1) is 0 Å². The van der Waals surface area contributed by atoms with E-state index in [9.17, 15) is 0 Å². The Balaban J connectivity index is 1.93. The van der Waals surface area contributed by atoms with E-state index < -0.39 is 0 Å². The van der Waals surface area contributed by atoms with Gasteiger partial charge in [0.25, 0.3) is 0 Å². The van der Waals surface area contributed by atoms with Crippen LogP contribution in [0.1, 0.15) is 58.8 Å². The van der Waals surface area contributed by atoms with Crippen molar-refractivity contribution in [2.24, 2.45) is 11.3 Å². The van der Waals surface area contributed by atoms with Gasteiger partial charge >= 0.3 is 0 Å². The highest BCUT2D eigenvalue weighted by Crippen LogP contribution is 2.47. The molecule has 0 aromatic carbocycles. The smallest absolute Gasteiger partial charge is 0.000894 e. The Bertz CT molecular complexity index is 323. The van der Waals surface area contributed by atoms with Gasteiger partial charge in [-0.05, 0) is 56.8 Å². The summed E-state index contributed by atoms with van der Waals surface area (Å²) in [6.45, 7) is 13.3. The quantitative estimate of drug-likeness (QED) is 0.579. The molecule has 2 aliphatic rings. The molecule has 0 aliphatic heterocycles. The van der Waals surface area contributed by atoms with Crippen LogP contribution in [0.2, 0.25) is 0 Å². The van der Waals surface area contributed by atoms with E-state index >= 15 is 0 Å². The molecule has 2 radical (unpaired) electrons. The molecular formula is C17H26. The van der Waals surface area contributed by atoms with Gasteiger partial charge < -0.3 is 0 Å². The Morgan fingerprint density at radius 2 is 2.24 bits per heavy atom. The summed E-state index contributed by atoms with van der Waals surface area (Å²) in [6.07, 6.45) is 11.3. The minimum Gasteiger partial charge on any atom is -0.0990 e. The summed E-state index contributed by atoms with van der Waals surface area (Å²) in [6, 6.07) is 0. The molecule has 2 rings (SSSR count). The molecule has 2 aliphatic carbocycles. The van der Waals surface area contributed by atoms with Crippen LogP contribution in [-0.4, -0.2) is 0 Å². The molecule has 0 spiro atoms. The third-order valence-corrected chi connectivity index (χ3v) is 5.01. The van der Waals surface area contributed by atoms with Crippen LogP contribution in [-0.2, 0) is 0 Å². The molecule has 1 saturated carbocycles. The molecule has 0 unspecified atom stereocenters. The zero-order valence-corrected chi connectivity index (χ0v) is 11.5. The zero-order chi connectivity index (χ0) is 12.5. The summed E-state index contributed by atoms with van der Waals surface area (Å²) in [5.41, 5.74) is 3.19. The van der Waals surface area contributed by atoms with Crippen LogP contribution < -0.4 is 0 Å². The molecule has 0 bridgehead atoms. The Morgan fingerprint density at radius 3 is 2.88 bits per heavy atom. The number of allylic oxidation sites excluding steroid dienone is 3. The molecule has 0 N–H and O–H groups in total. The first-order valence-corrected chi connectivity index (χ1v) is 7.09. The van der Waals surface area contributed by atoms with Crippen molar-refractivity contribution in [1.29, 1.82) is 0 Å². The number of hydrogen-bond donors (Lipinski definition) is 0. The van der Waals surface area contributed by atoms with Crippen molar-refractivity contribution in [3.8, 4) is 0 Å². The van der Waals surface area contributed by atoms with Crippen LogP contribution >= 0.6 is 0 Å². The van der Waals surface area contributed by atoms with Gasteiger partial charge in [0.1, 0.15) is 0 Å². The van der Waals surface area contributed by atoms with E-state index in [0.717, 1.165) is 5.92 Å². The van der Waals surface area contributed by atoms with E-state index in [4.69, 9.17) is 0 Å². The lowest BCUT2D eigenvalue weighted by atomic mass is 9.65. The third kappa shape index (κ3) is 2.67. The fourth-order valence-electron chi connectivity index (χ4n) is 3.45. The third-order valence-electron chi connectivity index (χ3n) is 5.01. The largest absolute Gasteiger partial charge is 0.0990 e. The highest BCUT2D eigenvalue weighted by atomic mass is 14.4. The predicted molar refractivity (Wildman–Crippen MR) is 75.4 cm³/mol. The highest BCUT2D eigenvalue weighted by Gasteiger charge is 2.34. The number of rotatable bonds is 3. The van der Waals surface area contributed by atoms with Crippen LogP contribution in [0, 0.1) is 24.2 Å². The summed E-state index contributed by atoms with van der Waals surface area (Å²) in [4.78, 5) is 0. The zero-order valence-electron chi connectivity index (χ0n) is 11.5. The molecule has 0 aromatic heterocycles. The normalized spacial score (nSPS) is 35.1. The summed E-state index contributed by atoms with van der Waals surface area (Å²) in [7, 11) is 0. The van der Waals surface area contributed by atoms with Crippen molar-refractivity contribution in [3.63, 3.8) is 0 Å². The average Bonchev–Trinajstić information content (AvgIpc) is 2.69. The second kappa shape index (κ2) is 5.00. The van der Waals surface area contributed by atoms with Crippen molar-refractivity contribution in [1.82, 2.24) is 0 Å². The van der Waals surface area contributed by atoms with Crippen molar-refractivity contribution >= 4 is 0 Å². The highest BCUT2D eigenvalue weighted by molar-refractivity contribution is 5.32.